The Morgan fingerprint density at radius 1 is 1.47 bits per heavy atom. The highest BCUT2D eigenvalue weighted by atomic mass is 16.5. The highest BCUT2D eigenvalue weighted by Gasteiger charge is 2.25. The topological polar surface area (TPSA) is 76.2 Å². The minimum Gasteiger partial charge on any atom is -0.468 e. The lowest BCUT2D eigenvalue weighted by Gasteiger charge is -2.16. The number of nitrogens with one attached hydrogen (secondary N) is 2. The smallest absolute Gasteiger partial charge is 0.327 e. The first-order chi connectivity index (χ1) is 8.11. The van der Waals surface area contributed by atoms with Gasteiger partial charge in [-0.05, 0) is 13.8 Å². The summed E-state index contributed by atoms with van der Waals surface area (Å²) >= 11 is 0. The summed E-state index contributed by atoms with van der Waals surface area (Å²) in [7, 11) is 2.99. The molecular formula is C11H19N3O3. The first-order valence-electron chi connectivity index (χ1n) is 5.43. The second-order valence-corrected chi connectivity index (χ2v) is 3.75. The standard InChI is InChI=1S/C11H19N3O3/c1-7-9(8(2)14-13-7)10(11(15)17-4)12-5-6-16-3/h10,12H,5-6H2,1-4H3,(H,13,14). The fourth-order valence-corrected chi connectivity index (χ4v) is 1.71. The summed E-state index contributed by atoms with van der Waals surface area (Å²) in [6.45, 7) is 4.83. The average Bonchev–Trinajstić information content (AvgIpc) is 2.65. The zero-order valence-corrected chi connectivity index (χ0v) is 10.7. The molecule has 1 unspecified atom stereocenters. The quantitative estimate of drug-likeness (QED) is 0.559. The minimum absolute atomic E-state index is 0.325. The van der Waals surface area contributed by atoms with Crippen LogP contribution in [0.2, 0.25) is 0 Å². The van der Waals surface area contributed by atoms with Crippen LogP contribution >= 0.6 is 0 Å². The van der Waals surface area contributed by atoms with Crippen molar-refractivity contribution in [2.75, 3.05) is 27.4 Å². The molecule has 2 N–H and O–H groups in total. The molecule has 0 fully saturated rings. The number of ether oxygens (including phenoxy) is 2. The van der Waals surface area contributed by atoms with E-state index >= 15 is 0 Å². The Bertz CT molecular complexity index is 357. The molecular weight excluding hydrogens is 222 g/mol. The number of hydrogen-bond donors (Lipinski definition) is 2. The molecule has 0 spiro atoms. The molecule has 0 aliphatic rings. The number of aryl methyl sites for hydroxylation is 2. The Morgan fingerprint density at radius 3 is 2.65 bits per heavy atom. The van der Waals surface area contributed by atoms with Gasteiger partial charge in [0.25, 0.3) is 0 Å². The van der Waals surface area contributed by atoms with Crippen molar-refractivity contribution in [2.45, 2.75) is 19.9 Å². The van der Waals surface area contributed by atoms with E-state index in [0.717, 1.165) is 17.0 Å². The maximum Gasteiger partial charge on any atom is 0.327 e. The van der Waals surface area contributed by atoms with Crippen molar-refractivity contribution in [3.05, 3.63) is 17.0 Å². The third-order valence-corrected chi connectivity index (χ3v) is 2.57. The van der Waals surface area contributed by atoms with E-state index in [9.17, 15) is 4.79 Å². The van der Waals surface area contributed by atoms with Crippen LogP contribution in [-0.2, 0) is 14.3 Å². The molecule has 1 aromatic heterocycles. The van der Waals surface area contributed by atoms with E-state index in [0.29, 0.717) is 13.2 Å². The lowest BCUT2D eigenvalue weighted by molar-refractivity contribution is -0.143. The molecule has 1 aromatic rings. The molecule has 0 amide bonds. The monoisotopic (exact) mass is 241 g/mol. The van der Waals surface area contributed by atoms with E-state index in [-0.39, 0.29) is 5.97 Å². The molecule has 1 rings (SSSR count). The maximum atomic E-state index is 11.7. The molecule has 6 nitrogen and oxygen atoms in total. The number of aromatic amines is 1. The molecule has 0 aliphatic heterocycles. The Kier molecular flexibility index (Phi) is 5.11. The Labute approximate surface area is 101 Å². The van der Waals surface area contributed by atoms with Crippen LogP contribution in [0, 0.1) is 13.8 Å². The third kappa shape index (κ3) is 3.28. The SMILES string of the molecule is COCCNC(C(=O)OC)c1c(C)n[nH]c1C. The molecule has 1 atom stereocenters. The van der Waals surface area contributed by atoms with Crippen LogP contribution in [0.3, 0.4) is 0 Å². The maximum absolute atomic E-state index is 11.7. The van der Waals surface area contributed by atoms with Crippen molar-refractivity contribution in [1.29, 1.82) is 0 Å². The van der Waals surface area contributed by atoms with Gasteiger partial charge >= 0.3 is 5.97 Å². The summed E-state index contributed by atoms with van der Waals surface area (Å²) in [5.74, 6) is -0.325. The number of esters is 1. The number of hydrogen-bond acceptors (Lipinski definition) is 5. The number of carbonyl (C=O) groups is 1. The predicted octanol–water partition coefficient (Wildman–Crippen LogP) is 0.477. The Balaban J connectivity index is 2.86. The summed E-state index contributed by atoms with van der Waals surface area (Å²) < 4.78 is 9.74. The summed E-state index contributed by atoms with van der Waals surface area (Å²) in [5, 5.41) is 10.0. The van der Waals surface area contributed by atoms with Crippen LogP contribution in [-0.4, -0.2) is 43.5 Å². The molecule has 0 radical (unpaired) electrons. The second kappa shape index (κ2) is 6.36. The number of H-pyrrole nitrogens is 1. The Morgan fingerprint density at radius 2 is 2.18 bits per heavy atom. The zero-order chi connectivity index (χ0) is 12.8. The van der Waals surface area contributed by atoms with Crippen molar-refractivity contribution >= 4 is 5.97 Å². The van der Waals surface area contributed by atoms with E-state index in [1.165, 1.54) is 7.11 Å². The number of rotatable bonds is 6. The molecule has 1 heterocycles. The van der Waals surface area contributed by atoms with E-state index in [4.69, 9.17) is 9.47 Å². The molecule has 17 heavy (non-hydrogen) atoms. The summed E-state index contributed by atoms with van der Waals surface area (Å²) in [6, 6.07) is -0.506. The van der Waals surface area contributed by atoms with Crippen molar-refractivity contribution in [3.8, 4) is 0 Å². The average molecular weight is 241 g/mol. The number of nitrogens with zero attached hydrogens (tertiary/aromatic N) is 1. The van der Waals surface area contributed by atoms with Crippen molar-refractivity contribution in [3.63, 3.8) is 0 Å². The number of aromatic nitrogens is 2. The second-order valence-electron chi connectivity index (χ2n) is 3.75. The molecule has 0 aromatic carbocycles. The molecule has 6 heteroatoms. The van der Waals surface area contributed by atoms with Gasteiger partial charge in [-0.1, -0.05) is 0 Å². The summed E-state index contributed by atoms with van der Waals surface area (Å²) in [6.07, 6.45) is 0. The normalized spacial score (nSPS) is 12.5. The number of carbonyl (C=O) groups excluding carboxylic acids is 1. The van der Waals surface area contributed by atoms with Crippen LogP contribution in [0.1, 0.15) is 23.0 Å². The molecule has 0 saturated carbocycles. The molecule has 0 saturated heterocycles. The lowest BCUT2D eigenvalue weighted by Crippen LogP contribution is -2.32. The fourth-order valence-electron chi connectivity index (χ4n) is 1.71. The van der Waals surface area contributed by atoms with Gasteiger partial charge in [-0.15, -0.1) is 0 Å². The van der Waals surface area contributed by atoms with Crippen LogP contribution < -0.4 is 5.32 Å². The molecule has 0 aliphatic carbocycles. The highest BCUT2D eigenvalue weighted by Crippen LogP contribution is 2.20. The fraction of sp³-hybridized carbons (Fsp3) is 0.636. The van der Waals surface area contributed by atoms with Gasteiger partial charge in [-0.2, -0.15) is 5.10 Å². The lowest BCUT2D eigenvalue weighted by atomic mass is 10.1. The van der Waals surface area contributed by atoms with E-state index < -0.39 is 6.04 Å². The van der Waals surface area contributed by atoms with Gasteiger partial charge in [0.05, 0.1) is 19.4 Å². The van der Waals surface area contributed by atoms with Crippen molar-refractivity contribution in [1.82, 2.24) is 15.5 Å². The summed E-state index contributed by atoms with van der Waals surface area (Å²) in [5.41, 5.74) is 2.50. The first kappa shape index (κ1) is 13.7. The van der Waals surface area contributed by atoms with E-state index in [1.54, 1.807) is 7.11 Å². The van der Waals surface area contributed by atoms with Crippen LogP contribution in [0.15, 0.2) is 0 Å². The van der Waals surface area contributed by atoms with Gasteiger partial charge in [0.1, 0.15) is 6.04 Å². The predicted molar refractivity (Wildman–Crippen MR) is 62.7 cm³/mol. The van der Waals surface area contributed by atoms with Gasteiger partial charge in [0, 0.05) is 24.9 Å². The highest BCUT2D eigenvalue weighted by molar-refractivity contribution is 5.78. The Hall–Kier alpha value is -1.40. The minimum atomic E-state index is -0.506. The van der Waals surface area contributed by atoms with Crippen molar-refractivity contribution < 1.29 is 14.3 Å². The zero-order valence-electron chi connectivity index (χ0n) is 10.7. The van der Waals surface area contributed by atoms with E-state index in [1.807, 2.05) is 13.8 Å². The summed E-state index contributed by atoms with van der Waals surface area (Å²) in [4.78, 5) is 11.7. The molecule has 96 valence electrons. The van der Waals surface area contributed by atoms with Crippen LogP contribution in [0.25, 0.3) is 0 Å². The van der Waals surface area contributed by atoms with Gasteiger partial charge < -0.3 is 9.47 Å². The van der Waals surface area contributed by atoms with Crippen LogP contribution in [0.5, 0.6) is 0 Å². The first-order valence-corrected chi connectivity index (χ1v) is 5.43. The number of methoxy groups -OCH3 is 2. The van der Waals surface area contributed by atoms with E-state index in [2.05, 4.69) is 15.5 Å². The van der Waals surface area contributed by atoms with Gasteiger partial charge in [-0.3, -0.25) is 10.4 Å². The molecule has 0 bridgehead atoms. The largest absolute Gasteiger partial charge is 0.468 e. The van der Waals surface area contributed by atoms with Gasteiger partial charge in [0.2, 0.25) is 0 Å². The van der Waals surface area contributed by atoms with Crippen molar-refractivity contribution in [2.24, 2.45) is 0 Å². The van der Waals surface area contributed by atoms with Gasteiger partial charge in [0.15, 0.2) is 0 Å². The van der Waals surface area contributed by atoms with Crippen LogP contribution in [0.4, 0.5) is 0 Å². The third-order valence-electron chi connectivity index (χ3n) is 2.57. The van der Waals surface area contributed by atoms with Gasteiger partial charge in [-0.25, -0.2) is 4.79 Å².